The van der Waals surface area contributed by atoms with Gasteiger partial charge in [-0.1, -0.05) is 6.92 Å². The Labute approximate surface area is 141 Å². The molecule has 5 nitrogen and oxygen atoms in total. The van der Waals surface area contributed by atoms with Crippen LogP contribution in [-0.4, -0.2) is 45.0 Å². The molecule has 0 aromatic carbocycles. The standard InChI is InChI=1S/C6H10O3.2C3H7O.Al.Zr/c1-3-5(4(2)7)6(8)9;2*1-3(2)4;;/h5H,3H2,1-2H3,(H,8,9);2*3H,1-2H3;;/q;2*-1;+2;. The minimum Gasteiger partial charge on any atom is -0.482 e. The van der Waals surface area contributed by atoms with Crippen LogP contribution >= 0.6 is 0 Å². The maximum Gasteiger partial charge on any atom is 0.668 e. The zero-order valence-electron chi connectivity index (χ0n) is 12.6. The Morgan fingerprint density at radius 2 is 1.47 bits per heavy atom. The number of carboxylic acid groups (broad SMARTS) is 1. The van der Waals surface area contributed by atoms with Crippen molar-refractivity contribution in [2.75, 3.05) is 0 Å². The van der Waals surface area contributed by atoms with Crippen molar-refractivity contribution in [2.45, 2.75) is 60.2 Å². The number of carbonyl (C=O) groups is 2. The average molecular weight is 367 g/mol. The molecule has 1 atom stereocenters. The third-order valence-corrected chi connectivity index (χ3v) is 3.16. The van der Waals surface area contributed by atoms with E-state index >= 15 is 0 Å². The second kappa shape index (κ2) is 14.9. The van der Waals surface area contributed by atoms with Crippen LogP contribution < -0.4 is 0 Å². The Balaban J connectivity index is -0.000000256. The van der Waals surface area contributed by atoms with Gasteiger partial charge in [-0.15, -0.1) is 0 Å². The van der Waals surface area contributed by atoms with Crippen LogP contribution in [0.25, 0.3) is 0 Å². The molecule has 0 aromatic rings. The Morgan fingerprint density at radius 3 is 1.58 bits per heavy atom. The fourth-order valence-corrected chi connectivity index (χ4v) is 1.40. The summed E-state index contributed by atoms with van der Waals surface area (Å²) >= 11 is -0.245. The molecule has 1 radical (unpaired) electrons. The van der Waals surface area contributed by atoms with Gasteiger partial charge in [0.15, 0.2) is 0 Å². The molecule has 1 N–H and O–H groups in total. The smallest absolute Gasteiger partial charge is 0.482 e. The first-order chi connectivity index (χ1) is 8.22. The molecule has 1 unspecified atom stereocenters. The maximum atomic E-state index is 10.4. The minimum absolute atomic E-state index is 0. The molecule has 0 saturated heterocycles. The van der Waals surface area contributed by atoms with Gasteiger partial charge in [0.1, 0.15) is 11.7 Å². The van der Waals surface area contributed by atoms with Gasteiger partial charge in [0.2, 0.25) is 0 Å². The molecule has 0 aliphatic rings. The topological polar surface area (TPSA) is 72.8 Å². The molecular weight excluding hydrogens is 342 g/mol. The second-order valence-corrected chi connectivity index (χ2v) is 5.11. The van der Waals surface area contributed by atoms with Gasteiger partial charge in [0.05, 0.1) is 0 Å². The van der Waals surface area contributed by atoms with Crippen LogP contribution in [-0.2, 0) is 43.4 Å². The quantitative estimate of drug-likeness (QED) is 0.551. The van der Waals surface area contributed by atoms with Crippen molar-refractivity contribution in [1.29, 1.82) is 0 Å². The minimum atomic E-state index is -1.02. The molecule has 0 bridgehead atoms. The summed E-state index contributed by atoms with van der Waals surface area (Å²) in [6.07, 6.45) is 0.988. The first kappa shape index (κ1) is 24.5. The summed E-state index contributed by atoms with van der Waals surface area (Å²) < 4.78 is 10.4. The van der Waals surface area contributed by atoms with Crippen LogP contribution in [0.15, 0.2) is 0 Å². The van der Waals surface area contributed by atoms with E-state index in [2.05, 4.69) is 0 Å². The van der Waals surface area contributed by atoms with Crippen molar-refractivity contribution in [3.63, 3.8) is 0 Å². The first-order valence-electron chi connectivity index (χ1n) is 6.08. The summed E-state index contributed by atoms with van der Waals surface area (Å²) in [6, 6.07) is 0. The summed E-state index contributed by atoms with van der Waals surface area (Å²) in [4.78, 5) is 20.6. The first-order valence-corrected chi connectivity index (χ1v) is 7.02. The molecule has 0 aliphatic heterocycles. The molecule has 19 heavy (non-hydrogen) atoms. The summed E-state index contributed by atoms with van der Waals surface area (Å²) in [5, 5.41) is 8.32. The van der Waals surface area contributed by atoms with E-state index in [1.54, 1.807) is 6.92 Å². The number of hydrogen-bond donors (Lipinski definition) is 1. The van der Waals surface area contributed by atoms with Gasteiger partial charge >= 0.3 is 21.9 Å². The number of Topliss-reactive ketones (excluding diaryl/α,β-unsaturated/α-hetero) is 1. The Kier molecular flexibility index (Phi) is 19.2. The Hall–Kier alpha value is 0.476. The zero-order valence-corrected chi connectivity index (χ0v) is 16.2. The van der Waals surface area contributed by atoms with E-state index < -0.39 is 11.9 Å². The van der Waals surface area contributed by atoms with E-state index in [1.807, 2.05) is 27.7 Å². The monoisotopic (exact) mass is 365 g/mol. The van der Waals surface area contributed by atoms with Crippen LogP contribution in [0.2, 0.25) is 0 Å². The summed E-state index contributed by atoms with van der Waals surface area (Å²) in [5.41, 5.74) is 0. The molecular formula is C12H24AlO5Zr. The third kappa shape index (κ3) is 18.5. The van der Waals surface area contributed by atoms with Crippen molar-refractivity contribution in [3.05, 3.63) is 0 Å². The summed E-state index contributed by atoms with van der Waals surface area (Å²) in [5.74, 6) is -2.10. The van der Waals surface area contributed by atoms with E-state index in [4.69, 9.17) is 12.7 Å². The van der Waals surface area contributed by atoms with Crippen molar-refractivity contribution in [3.8, 4) is 0 Å². The van der Waals surface area contributed by atoms with Gasteiger partial charge in [0.25, 0.3) is 0 Å². The van der Waals surface area contributed by atoms with Crippen LogP contribution in [0.1, 0.15) is 48.0 Å². The third-order valence-electron chi connectivity index (χ3n) is 1.85. The molecule has 0 aromatic heterocycles. The largest absolute Gasteiger partial charge is 0.668 e. The van der Waals surface area contributed by atoms with E-state index in [9.17, 15) is 9.59 Å². The second-order valence-electron chi connectivity index (χ2n) is 4.38. The van der Waals surface area contributed by atoms with Gasteiger partial charge in [0, 0.05) is 38.4 Å². The fourth-order valence-electron chi connectivity index (χ4n) is 0.890. The van der Waals surface area contributed by atoms with Crippen LogP contribution in [0.4, 0.5) is 0 Å². The van der Waals surface area contributed by atoms with Crippen molar-refractivity contribution in [1.82, 2.24) is 0 Å². The predicted molar refractivity (Wildman–Crippen MR) is 70.3 cm³/mol. The Morgan fingerprint density at radius 1 is 1.11 bits per heavy atom. The number of carbonyl (C=O) groups excluding carboxylic acids is 1. The zero-order chi connectivity index (χ0) is 14.7. The summed E-state index contributed by atoms with van der Waals surface area (Å²) in [7, 11) is 0. The summed E-state index contributed by atoms with van der Waals surface area (Å²) in [6.45, 7) is 11.0. The molecule has 0 amide bonds. The van der Waals surface area contributed by atoms with Crippen LogP contribution in [0.5, 0.6) is 0 Å². The Bertz CT molecular complexity index is 224. The number of rotatable bonds is 7. The van der Waals surface area contributed by atoms with Gasteiger partial charge < -0.3 is 12.7 Å². The average Bonchev–Trinajstić information content (AvgIpc) is 2.16. The number of aliphatic carboxylic acids is 1. The molecule has 109 valence electrons. The molecule has 0 heterocycles. The van der Waals surface area contributed by atoms with E-state index in [-0.39, 0.29) is 47.9 Å². The molecule has 0 fully saturated rings. The van der Waals surface area contributed by atoms with E-state index in [0.29, 0.717) is 18.6 Å². The molecule has 0 rings (SSSR count). The van der Waals surface area contributed by atoms with Crippen LogP contribution in [0.3, 0.4) is 0 Å². The van der Waals surface area contributed by atoms with E-state index in [1.165, 1.54) is 6.92 Å². The number of ketones is 1. The van der Waals surface area contributed by atoms with Crippen molar-refractivity contribution in [2.24, 2.45) is 5.92 Å². The van der Waals surface area contributed by atoms with E-state index in [0.717, 1.165) is 0 Å². The number of hydrogen-bond acceptors (Lipinski definition) is 4. The maximum absolute atomic E-state index is 10.4. The van der Waals surface area contributed by atoms with Gasteiger partial charge in [-0.2, -0.15) is 0 Å². The van der Waals surface area contributed by atoms with Gasteiger partial charge in [-0.05, 0) is 41.0 Å². The van der Waals surface area contributed by atoms with Crippen LogP contribution in [0, 0.1) is 5.92 Å². The van der Waals surface area contributed by atoms with Crippen molar-refractivity contribution < 1.29 is 48.5 Å². The molecule has 7 heteroatoms. The predicted octanol–water partition coefficient (Wildman–Crippen LogP) is 2.05. The normalized spacial score (nSPS) is 11.2. The van der Waals surface area contributed by atoms with Gasteiger partial charge in [-0.25, -0.2) is 0 Å². The molecule has 0 saturated carbocycles. The SMILES string of the molecule is CC(C)[O][Al][O]C(C)C.CCC(C(C)=O)C(=O)O.[Zr]. The van der Waals surface area contributed by atoms with Crippen molar-refractivity contribution >= 4 is 27.6 Å². The molecule has 0 spiro atoms. The fraction of sp³-hybridized carbons (Fsp3) is 0.833. The molecule has 0 aliphatic carbocycles. The number of carboxylic acids is 1. The van der Waals surface area contributed by atoms with Gasteiger partial charge in [-0.3, -0.25) is 9.59 Å².